The van der Waals surface area contributed by atoms with Gasteiger partial charge in [-0.25, -0.2) is 0 Å². The number of hydrogen-bond donors (Lipinski definition) is 1. The van der Waals surface area contributed by atoms with Crippen molar-refractivity contribution in [1.29, 1.82) is 0 Å². The van der Waals surface area contributed by atoms with Crippen molar-refractivity contribution in [2.75, 3.05) is 25.0 Å². The number of amides is 1. The van der Waals surface area contributed by atoms with Crippen LogP contribution in [0, 0.1) is 0 Å². The van der Waals surface area contributed by atoms with Crippen LogP contribution in [0.1, 0.15) is 44.5 Å². The molecule has 0 saturated carbocycles. The van der Waals surface area contributed by atoms with Crippen molar-refractivity contribution >= 4 is 11.6 Å². The third-order valence-electron chi connectivity index (χ3n) is 3.47. The Bertz CT molecular complexity index is 502. The van der Waals surface area contributed by atoms with E-state index in [1.54, 1.807) is 18.5 Å². The first-order chi connectivity index (χ1) is 9.93. The number of carbonyl (C=O) groups excluding carboxylic acids is 1. The average molecular weight is 291 g/mol. The monoisotopic (exact) mass is 291 g/mol. The molecule has 1 aromatic heterocycles. The van der Waals surface area contributed by atoms with E-state index in [0.717, 1.165) is 18.7 Å². The smallest absolute Gasteiger partial charge is 0.256 e. The first-order valence-electron chi connectivity index (χ1n) is 7.58. The molecular formula is C16H25N3O2. The molecule has 1 aliphatic heterocycles. The number of ether oxygens (including phenoxy) is 1. The van der Waals surface area contributed by atoms with Gasteiger partial charge in [-0.1, -0.05) is 6.92 Å². The molecule has 1 aliphatic rings. The van der Waals surface area contributed by atoms with Crippen molar-refractivity contribution in [3.63, 3.8) is 0 Å². The number of hydrogen-bond acceptors (Lipinski definition) is 4. The highest BCUT2D eigenvalue weighted by molar-refractivity contribution is 5.99. The number of rotatable bonds is 4. The van der Waals surface area contributed by atoms with Gasteiger partial charge < -0.3 is 15.0 Å². The molecule has 1 saturated heterocycles. The molecule has 1 atom stereocenters. The molecule has 0 aromatic carbocycles. The predicted molar refractivity (Wildman–Crippen MR) is 83.5 cm³/mol. The number of morpholine rings is 1. The molecule has 5 heteroatoms. The van der Waals surface area contributed by atoms with Crippen LogP contribution in [0.4, 0.5) is 5.69 Å². The van der Waals surface area contributed by atoms with Gasteiger partial charge in [0, 0.05) is 25.8 Å². The zero-order chi connectivity index (χ0) is 15.5. The zero-order valence-electron chi connectivity index (χ0n) is 13.3. The first kappa shape index (κ1) is 15.8. The lowest BCUT2D eigenvalue weighted by atomic mass is 10.0. The Morgan fingerprint density at radius 3 is 3.00 bits per heavy atom. The molecule has 1 fully saturated rings. The van der Waals surface area contributed by atoms with E-state index in [1.165, 1.54) is 0 Å². The molecule has 0 aliphatic carbocycles. The second-order valence-corrected chi connectivity index (χ2v) is 6.22. The van der Waals surface area contributed by atoms with E-state index >= 15 is 0 Å². The van der Waals surface area contributed by atoms with Gasteiger partial charge in [0.05, 0.1) is 29.2 Å². The van der Waals surface area contributed by atoms with E-state index in [0.29, 0.717) is 18.7 Å². The maximum Gasteiger partial charge on any atom is 0.256 e. The lowest BCUT2D eigenvalue weighted by Gasteiger charge is -2.41. The Balaban J connectivity index is 2.19. The average Bonchev–Trinajstić information content (AvgIpc) is 2.42. The highest BCUT2D eigenvalue weighted by Gasteiger charge is 2.34. The van der Waals surface area contributed by atoms with Crippen molar-refractivity contribution in [2.45, 2.75) is 45.8 Å². The number of aromatic nitrogens is 1. The number of pyridine rings is 1. The van der Waals surface area contributed by atoms with Crippen molar-refractivity contribution in [1.82, 2.24) is 9.88 Å². The highest BCUT2D eigenvalue weighted by atomic mass is 16.5. The van der Waals surface area contributed by atoms with E-state index in [2.05, 4.69) is 17.2 Å². The summed E-state index contributed by atoms with van der Waals surface area (Å²) in [5, 5.41) is 3.27. The quantitative estimate of drug-likeness (QED) is 0.926. The van der Waals surface area contributed by atoms with Crippen molar-refractivity contribution in [3.05, 3.63) is 24.0 Å². The summed E-state index contributed by atoms with van der Waals surface area (Å²) < 4.78 is 5.86. The van der Waals surface area contributed by atoms with E-state index in [4.69, 9.17) is 4.74 Å². The second-order valence-electron chi connectivity index (χ2n) is 6.22. The van der Waals surface area contributed by atoms with Crippen molar-refractivity contribution in [3.8, 4) is 0 Å². The van der Waals surface area contributed by atoms with Gasteiger partial charge in [0.15, 0.2) is 0 Å². The number of anilines is 1. The van der Waals surface area contributed by atoms with Crippen LogP contribution in [0.3, 0.4) is 0 Å². The van der Waals surface area contributed by atoms with Crippen molar-refractivity contribution < 1.29 is 9.53 Å². The SMILES string of the molecule is CCCNc1cnccc1C(=O)N1CC(C)OC(C)(C)C1. The summed E-state index contributed by atoms with van der Waals surface area (Å²) in [7, 11) is 0. The normalized spacial score (nSPS) is 21.1. The molecule has 1 N–H and O–H groups in total. The van der Waals surface area contributed by atoms with Crippen molar-refractivity contribution in [2.24, 2.45) is 0 Å². The molecule has 1 amide bonds. The van der Waals surface area contributed by atoms with Gasteiger partial charge in [-0.2, -0.15) is 0 Å². The van der Waals surface area contributed by atoms with Gasteiger partial charge in [-0.05, 0) is 33.3 Å². The van der Waals surface area contributed by atoms with Crippen LogP contribution in [-0.2, 0) is 4.74 Å². The van der Waals surface area contributed by atoms with Crippen LogP contribution in [-0.4, -0.2) is 47.1 Å². The fraction of sp³-hybridized carbons (Fsp3) is 0.625. The van der Waals surface area contributed by atoms with Crippen LogP contribution in [0.5, 0.6) is 0 Å². The molecule has 2 heterocycles. The molecule has 2 rings (SSSR count). The summed E-state index contributed by atoms with van der Waals surface area (Å²) in [6.45, 7) is 10.2. The number of nitrogens with zero attached hydrogens (tertiary/aromatic N) is 2. The van der Waals surface area contributed by atoms with Gasteiger partial charge >= 0.3 is 0 Å². The van der Waals surface area contributed by atoms with E-state index in [-0.39, 0.29) is 17.6 Å². The fourth-order valence-corrected chi connectivity index (χ4v) is 2.76. The maximum absolute atomic E-state index is 12.8. The molecule has 5 nitrogen and oxygen atoms in total. The molecule has 0 radical (unpaired) electrons. The predicted octanol–water partition coefficient (Wildman–Crippen LogP) is 2.54. The molecular weight excluding hydrogens is 266 g/mol. The van der Waals surface area contributed by atoms with Gasteiger partial charge in [0.25, 0.3) is 5.91 Å². The zero-order valence-corrected chi connectivity index (χ0v) is 13.3. The molecule has 1 aromatic rings. The molecule has 116 valence electrons. The topological polar surface area (TPSA) is 54.5 Å². The maximum atomic E-state index is 12.8. The Labute approximate surface area is 126 Å². The summed E-state index contributed by atoms with van der Waals surface area (Å²) in [6.07, 6.45) is 4.44. The van der Waals surface area contributed by atoms with Gasteiger partial charge in [0.2, 0.25) is 0 Å². The minimum atomic E-state index is -0.308. The molecule has 1 unspecified atom stereocenters. The fourth-order valence-electron chi connectivity index (χ4n) is 2.76. The van der Waals surface area contributed by atoms with Crippen LogP contribution >= 0.6 is 0 Å². The minimum Gasteiger partial charge on any atom is -0.383 e. The van der Waals surface area contributed by atoms with Crippen LogP contribution in [0.15, 0.2) is 18.5 Å². The summed E-state index contributed by atoms with van der Waals surface area (Å²) >= 11 is 0. The number of carbonyl (C=O) groups is 1. The van der Waals surface area contributed by atoms with E-state index < -0.39 is 0 Å². The summed E-state index contributed by atoms with van der Waals surface area (Å²) in [5.74, 6) is 0.0410. The Morgan fingerprint density at radius 2 is 2.33 bits per heavy atom. The third-order valence-corrected chi connectivity index (χ3v) is 3.47. The van der Waals surface area contributed by atoms with Crippen LogP contribution in [0.25, 0.3) is 0 Å². The van der Waals surface area contributed by atoms with Gasteiger partial charge in [-0.15, -0.1) is 0 Å². The van der Waals surface area contributed by atoms with E-state index in [9.17, 15) is 4.79 Å². The first-order valence-corrected chi connectivity index (χ1v) is 7.58. The standard InChI is InChI=1S/C16H25N3O2/c1-5-7-18-14-9-17-8-6-13(14)15(20)19-10-12(2)21-16(3,4)11-19/h6,8-9,12,18H,5,7,10-11H2,1-4H3. The Morgan fingerprint density at radius 1 is 1.57 bits per heavy atom. The molecule has 21 heavy (non-hydrogen) atoms. The van der Waals surface area contributed by atoms with Crippen LogP contribution in [0.2, 0.25) is 0 Å². The van der Waals surface area contributed by atoms with Gasteiger partial charge in [-0.3, -0.25) is 9.78 Å². The lowest BCUT2D eigenvalue weighted by molar-refractivity contribution is -0.118. The second kappa shape index (κ2) is 6.43. The largest absolute Gasteiger partial charge is 0.383 e. The summed E-state index contributed by atoms with van der Waals surface area (Å²) in [6, 6.07) is 1.79. The summed E-state index contributed by atoms with van der Waals surface area (Å²) in [4.78, 5) is 18.8. The van der Waals surface area contributed by atoms with E-state index in [1.807, 2.05) is 25.7 Å². The highest BCUT2D eigenvalue weighted by Crippen LogP contribution is 2.24. The number of nitrogens with one attached hydrogen (secondary N) is 1. The van der Waals surface area contributed by atoms with Crippen LogP contribution < -0.4 is 5.32 Å². The minimum absolute atomic E-state index is 0.0410. The Hall–Kier alpha value is -1.62. The Kier molecular flexibility index (Phi) is 4.83. The lowest BCUT2D eigenvalue weighted by Crippen LogP contribution is -2.53. The third kappa shape index (κ3) is 3.94. The molecule has 0 bridgehead atoms. The summed E-state index contributed by atoms with van der Waals surface area (Å²) in [5.41, 5.74) is 1.18. The van der Waals surface area contributed by atoms with Gasteiger partial charge in [0.1, 0.15) is 0 Å². The molecule has 0 spiro atoms.